The fraction of sp³-hybridized carbons (Fsp3) is 0.778. The van der Waals surface area contributed by atoms with Crippen LogP contribution in [0.2, 0.25) is 0 Å². The molecule has 0 heterocycles. The van der Waals surface area contributed by atoms with Crippen molar-refractivity contribution in [2.75, 3.05) is 0 Å². The van der Waals surface area contributed by atoms with Crippen LogP contribution in [0.3, 0.4) is 0 Å². The Morgan fingerprint density at radius 2 is 1.80 bits per heavy atom. The highest BCUT2D eigenvalue weighted by Crippen LogP contribution is 2.63. The third-order valence-electron chi connectivity index (χ3n) is 6.55. The van der Waals surface area contributed by atoms with E-state index >= 15 is 0 Å². The maximum atomic E-state index is 12.2. The highest BCUT2D eigenvalue weighted by atomic mass is 16.1. The molecule has 2 nitrogen and oxygen atoms in total. The highest BCUT2D eigenvalue weighted by Gasteiger charge is 2.57. The number of carbonyl (C=O) groups is 2. The Bertz CT molecular complexity index is 504. The molecule has 0 aromatic rings. The topological polar surface area (TPSA) is 34.1 Å². The molecule has 0 aromatic heterocycles. The van der Waals surface area contributed by atoms with E-state index in [4.69, 9.17) is 0 Å². The van der Waals surface area contributed by atoms with Crippen molar-refractivity contribution in [2.24, 2.45) is 28.6 Å². The molecule has 2 heteroatoms. The SMILES string of the molecule is CC1C[C@@]2(C)CCC(=O)C=C2C2(C)CCC(=O)C(C)C12. The lowest BCUT2D eigenvalue weighted by Gasteiger charge is -2.59. The van der Waals surface area contributed by atoms with Gasteiger partial charge in [-0.1, -0.05) is 33.3 Å². The highest BCUT2D eigenvalue weighted by molar-refractivity contribution is 5.92. The van der Waals surface area contributed by atoms with Crippen molar-refractivity contribution in [1.82, 2.24) is 0 Å². The number of Topliss-reactive ketones (excluding diaryl/α,β-unsaturated/α-hetero) is 1. The quantitative estimate of drug-likeness (QED) is 0.670. The molecule has 0 N–H and O–H groups in total. The predicted molar refractivity (Wildman–Crippen MR) is 79.2 cm³/mol. The van der Waals surface area contributed by atoms with Crippen molar-refractivity contribution in [3.63, 3.8) is 0 Å². The molecule has 2 saturated carbocycles. The molecule has 4 unspecified atom stereocenters. The van der Waals surface area contributed by atoms with Crippen LogP contribution in [0.1, 0.15) is 59.8 Å². The van der Waals surface area contributed by atoms with Crippen LogP contribution in [0.15, 0.2) is 11.6 Å². The molecule has 0 amide bonds. The van der Waals surface area contributed by atoms with Gasteiger partial charge in [-0.05, 0) is 48.0 Å². The molecular formula is C18H26O2. The van der Waals surface area contributed by atoms with Crippen molar-refractivity contribution in [1.29, 1.82) is 0 Å². The molecule has 3 aliphatic rings. The third-order valence-corrected chi connectivity index (χ3v) is 6.55. The summed E-state index contributed by atoms with van der Waals surface area (Å²) < 4.78 is 0. The predicted octanol–water partition coefficient (Wildman–Crippen LogP) is 3.94. The van der Waals surface area contributed by atoms with E-state index in [2.05, 4.69) is 27.7 Å². The first-order chi connectivity index (χ1) is 9.28. The van der Waals surface area contributed by atoms with Gasteiger partial charge >= 0.3 is 0 Å². The first-order valence-corrected chi connectivity index (χ1v) is 8.06. The van der Waals surface area contributed by atoms with Gasteiger partial charge in [0.1, 0.15) is 5.78 Å². The number of hydrogen-bond acceptors (Lipinski definition) is 2. The number of carbonyl (C=O) groups excluding carboxylic acids is 2. The van der Waals surface area contributed by atoms with E-state index in [1.54, 1.807) is 0 Å². The van der Waals surface area contributed by atoms with E-state index < -0.39 is 0 Å². The van der Waals surface area contributed by atoms with Crippen LogP contribution in [0.5, 0.6) is 0 Å². The number of ketones is 2. The normalized spacial score (nSPS) is 48.4. The van der Waals surface area contributed by atoms with E-state index in [1.165, 1.54) is 5.57 Å². The average molecular weight is 274 g/mol. The summed E-state index contributed by atoms with van der Waals surface area (Å²) in [5.74, 6) is 1.83. The largest absolute Gasteiger partial charge is 0.299 e. The second-order valence-electron chi connectivity index (χ2n) is 7.96. The molecule has 110 valence electrons. The first kappa shape index (κ1) is 14.0. The molecule has 3 aliphatic carbocycles. The molecule has 0 spiro atoms. The van der Waals surface area contributed by atoms with Crippen LogP contribution < -0.4 is 0 Å². The van der Waals surface area contributed by atoms with Crippen LogP contribution in [0.25, 0.3) is 0 Å². The fourth-order valence-electron chi connectivity index (χ4n) is 5.81. The minimum absolute atomic E-state index is 0.0514. The smallest absolute Gasteiger partial charge is 0.155 e. The van der Waals surface area contributed by atoms with Crippen molar-refractivity contribution in [3.8, 4) is 0 Å². The fourth-order valence-corrected chi connectivity index (χ4v) is 5.81. The summed E-state index contributed by atoms with van der Waals surface area (Å²) in [5.41, 5.74) is 1.60. The Hall–Kier alpha value is -0.920. The third kappa shape index (κ3) is 1.76. The maximum absolute atomic E-state index is 12.2. The molecule has 0 saturated heterocycles. The lowest BCUT2D eigenvalue weighted by Crippen LogP contribution is -2.53. The summed E-state index contributed by atoms with van der Waals surface area (Å²) >= 11 is 0. The molecule has 3 rings (SSSR count). The van der Waals surface area contributed by atoms with Gasteiger partial charge in [0.25, 0.3) is 0 Å². The number of fused-ring (bicyclic) bond motifs is 3. The zero-order chi connectivity index (χ0) is 14.7. The zero-order valence-electron chi connectivity index (χ0n) is 13.2. The summed E-state index contributed by atoms with van der Waals surface area (Å²) in [6.07, 6.45) is 6.38. The summed E-state index contributed by atoms with van der Waals surface area (Å²) in [7, 11) is 0. The van der Waals surface area contributed by atoms with Gasteiger partial charge in [0.05, 0.1) is 0 Å². The maximum Gasteiger partial charge on any atom is 0.155 e. The van der Waals surface area contributed by atoms with Gasteiger partial charge in [0.15, 0.2) is 5.78 Å². The second-order valence-corrected chi connectivity index (χ2v) is 7.96. The average Bonchev–Trinajstić information content (AvgIpc) is 2.36. The lowest BCUT2D eigenvalue weighted by molar-refractivity contribution is -0.134. The Balaban J connectivity index is 2.12. The van der Waals surface area contributed by atoms with Gasteiger partial charge < -0.3 is 0 Å². The van der Waals surface area contributed by atoms with E-state index in [-0.39, 0.29) is 22.5 Å². The molecule has 0 radical (unpaired) electrons. The Morgan fingerprint density at radius 3 is 2.50 bits per heavy atom. The number of rotatable bonds is 0. The Morgan fingerprint density at radius 1 is 1.10 bits per heavy atom. The monoisotopic (exact) mass is 274 g/mol. The van der Waals surface area contributed by atoms with Crippen molar-refractivity contribution < 1.29 is 9.59 Å². The molecule has 5 atom stereocenters. The minimum atomic E-state index is 0.0514. The standard InChI is InChI=1S/C18H26O2/c1-11-10-17(3)7-5-13(19)9-15(17)18(4)8-6-14(20)12(2)16(11)18/h9,11-12,16H,5-8,10H2,1-4H3/t11?,12?,16?,17-,18?/m1/s1. The number of allylic oxidation sites excluding steroid dienone is 2. The van der Waals surface area contributed by atoms with Gasteiger partial charge in [-0.3, -0.25) is 9.59 Å². The minimum Gasteiger partial charge on any atom is -0.299 e. The van der Waals surface area contributed by atoms with Crippen molar-refractivity contribution in [3.05, 3.63) is 11.6 Å². The molecule has 2 fully saturated rings. The van der Waals surface area contributed by atoms with E-state index in [1.807, 2.05) is 6.08 Å². The van der Waals surface area contributed by atoms with Crippen molar-refractivity contribution in [2.45, 2.75) is 59.8 Å². The summed E-state index contributed by atoms with van der Waals surface area (Å²) in [5, 5.41) is 0. The van der Waals surface area contributed by atoms with Crippen molar-refractivity contribution >= 4 is 11.6 Å². The van der Waals surface area contributed by atoms with Gasteiger partial charge in [0, 0.05) is 18.8 Å². The molecular weight excluding hydrogens is 248 g/mol. The summed E-state index contributed by atoms with van der Waals surface area (Å²) in [6.45, 7) is 9.08. The van der Waals surface area contributed by atoms with Gasteiger partial charge in [-0.15, -0.1) is 0 Å². The second kappa shape index (κ2) is 4.29. The molecule has 0 aliphatic heterocycles. The molecule has 0 aromatic carbocycles. The Labute approximate surface area is 122 Å². The number of hydrogen-bond donors (Lipinski definition) is 0. The van der Waals surface area contributed by atoms with Crippen LogP contribution in [0, 0.1) is 28.6 Å². The van der Waals surface area contributed by atoms with Crippen LogP contribution in [-0.2, 0) is 9.59 Å². The summed E-state index contributed by atoms with van der Waals surface area (Å²) in [6, 6.07) is 0. The zero-order valence-corrected chi connectivity index (χ0v) is 13.2. The van der Waals surface area contributed by atoms with Crippen LogP contribution >= 0.6 is 0 Å². The molecule has 0 bridgehead atoms. The van der Waals surface area contributed by atoms with E-state index in [0.29, 0.717) is 30.5 Å². The van der Waals surface area contributed by atoms with Crippen LogP contribution in [0.4, 0.5) is 0 Å². The van der Waals surface area contributed by atoms with Gasteiger partial charge in [-0.2, -0.15) is 0 Å². The van der Waals surface area contributed by atoms with Crippen LogP contribution in [-0.4, -0.2) is 11.6 Å². The van der Waals surface area contributed by atoms with E-state index in [9.17, 15) is 9.59 Å². The molecule has 20 heavy (non-hydrogen) atoms. The summed E-state index contributed by atoms with van der Waals surface area (Å²) in [4.78, 5) is 24.1. The first-order valence-electron chi connectivity index (χ1n) is 8.06. The van der Waals surface area contributed by atoms with Gasteiger partial charge in [-0.25, -0.2) is 0 Å². The van der Waals surface area contributed by atoms with E-state index in [0.717, 1.165) is 19.3 Å². The van der Waals surface area contributed by atoms with Gasteiger partial charge in [0.2, 0.25) is 0 Å². The Kier molecular flexibility index (Phi) is 3.01. The lowest BCUT2D eigenvalue weighted by atomic mass is 9.44.